The van der Waals surface area contributed by atoms with Crippen LogP contribution in [-0.4, -0.2) is 49.4 Å². The monoisotopic (exact) mass is 461 g/mol. The van der Waals surface area contributed by atoms with Crippen molar-refractivity contribution in [2.75, 3.05) is 32.7 Å². The van der Waals surface area contributed by atoms with Crippen molar-refractivity contribution < 1.29 is 9.59 Å². The third kappa shape index (κ3) is 5.12. The Morgan fingerprint density at radius 3 is 2.42 bits per heavy atom. The van der Waals surface area contributed by atoms with Crippen LogP contribution in [-0.2, 0) is 0 Å². The van der Waals surface area contributed by atoms with Gasteiger partial charge >= 0.3 is 0 Å². The van der Waals surface area contributed by atoms with Crippen molar-refractivity contribution in [3.05, 3.63) is 59.0 Å². The number of hydrogen-bond acceptors (Lipinski definition) is 4. The number of carbonyl (C=O) groups excluding carboxylic acids is 2. The minimum Gasteiger partial charge on any atom is -0.351 e. The van der Waals surface area contributed by atoms with E-state index < -0.39 is 0 Å². The number of fused-ring (bicyclic) bond motifs is 1. The van der Waals surface area contributed by atoms with Crippen LogP contribution in [0.4, 0.5) is 0 Å². The van der Waals surface area contributed by atoms with Gasteiger partial charge in [0.1, 0.15) is 0 Å². The highest BCUT2D eigenvalue weighted by Crippen LogP contribution is 2.31. The van der Waals surface area contributed by atoms with Crippen molar-refractivity contribution in [2.24, 2.45) is 5.92 Å². The minimum absolute atomic E-state index is 0.0249. The van der Waals surface area contributed by atoms with Gasteiger partial charge in [-0.3, -0.25) is 9.59 Å². The van der Waals surface area contributed by atoms with E-state index >= 15 is 0 Å². The molecular weight excluding hydrogens is 430 g/mol. The third-order valence-electron chi connectivity index (χ3n) is 6.86. The molecule has 2 fully saturated rings. The molecule has 2 aliphatic heterocycles. The van der Waals surface area contributed by atoms with E-state index in [2.05, 4.69) is 28.8 Å². The highest BCUT2D eigenvalue weighted by atomic mass is 32.1. The van der Waals surface area contributed by atoms with Gasteiger partial charge in [-0.25, -0.2) is 0 Å². The molecule has 0 radical (unpaired) electrons. The maximum Gasteiger partial charge on any atom is 0.261 e. The Morgan fingerprint density at radius 1 is 0.939 bits per heavy atom. The largest absolute Gasteiger partial charge is 0.351 e. The summed E-state index contributed by atoms with van der Waals surface area (Å²) in [5.74, 6) is 0.729. The smallest absolute Gasteiger partial charge is 0.261 e. The Bertz CT molecular complexity index is 1130. The molecule has 0 unspecified atom stereocenters. The highest BCUT2D eigenvalue weighted by Gasteiger charge is 2.19. The molecule has 3 heterocycles. The number of benzene rings is 2. The Kier molecular flexibility index (Phi) is 6.74. The second-order valence-corrected chi connectivity index (χ2v) is 10.3. The van der Waals surface area contributed by atoms with Gasteiger partial charge < -0.3 is 15.5 Å². The van der Waals surface area contributed by atoms with Gasteiger partial charge in [-0.15, -0.1) is 11.3 Å². The molecule has 33 heavy (non-hydrogen) atoms. The number of likely N-dealkylation sites (tertiary alicyclic amines) is 1. The first-order valence-electron chi connectivity index (χ1n) is 12.1. The number of amides is 2. The zero-order chi connectivity index (χ0) is 22.6. The molecule has 2 aliphatic rings. The summed E-state index contributed by atoms with van der Waals surface area (Å²) in [5, 5.41) is 7.57. The molecule has 5 rings (SSSR count). The van der Waals surface area contributed by atoms with Gasteiger partial charge in [-0.2, -0.15) is 0 Å². The molecule has 1 aromatic heterocycles. The van der Waals surface area contributed by atoms with Crippen LogP contribution in [0, 0.1) is 5.92 Å². The average molecular weight is 462 g/mol. The van der Waals surface area contributed by atoms with E-state index in [9.17, 15) is 9.59 Å². The van der Waals surface area contributed by atoms with Crippen LogP contribution in [0.3, 0.4) is 0 Å². The molecule has 3 aromatic rings. The molecule has 0 bridgehead atoms. The van der Waals surface area contributed by atoms with Gasteiger partial charge in [0.15, 0.2) is 0 Å². The SMILES string of the molecule is O=C(NCC1CCNCC1)c1cc2cc(-c3ccc(C(=O)N4CCCCC4)cc3)ccc2s1. The van der Waals surface area contributed by atoms with E-state index in [1.807, 2.05) is 35.2 Å². The first-order chi connectivity index (χ1) is 16.2. The van der Waals surface area contributed by atoms with Gasteiger partial charge in [-0.05, 0) is 98.0 Å². The number of rotatable bonds is 5. The van der Waals surface area contributed by atoms with Crippen molar-refractivity contribution in [1.29, 1.82) is 0 Å². The molecule has 0 atom stereocenters. The quantitative estimate of drug-likeness (QED) is 0.567. The first-order valence-corrected chi connectivity index (χ1v) is 12.9. The van der Waals surface area contributed by atoms with Crippen LogP contribution in [0.15, 0.2) is 48.5 Å². The van der Waals surface area contributed by atoms with Crippen LogP contribution in [0.2, 0.25) is 0 Å². The Labute approximate surface area is 199 Å². The lowest BCUT2D eigenvalue weighted by Gasteiger charge is -2.26. The van der Waals surface area contributed by atoms with Gasteiger partial charge in [0.25, 0.3) is 11.8 Å². The fourth-order valence-electron chi connectivity index (χ4n) is 4.83. The zero-order valence-electron chi connectivity index (χ0n) is 18.9. The molecule has 2 amide bonds. The molecular formula is C27H31N3O2S. The second-order valence-electron chi connectivity index (χ2n) is 9.20. The fraction of sp³-hybridized carbons (Fsp3) is 0.407. The van der Waals surface area contributed by atoms with Crippen LogP contribution in [0.25, 0.3) is 21.2 Å². The Balaban J connectivity index is 1.27. The van der Waals surface area contributed by atoms with Crippen molar-refractivity contribution in [3.63, 3.8) is 0 Å². The standard InChI is InChI=1S/C27H31N3O2S/c31-26(29-18-19-10-12-28-13-11-19)25-17-23-16-22(8-9-24(23)33-25)20-4-6-21(7-5-20)27(32)30-14-2-1-3-15-30/h4-9,16-17,19,28H,1-3,10-15,18H2,(H,29,31). The second kappa shape index (κ2) is 10.1. The number of nitrogens with zero attached hydrogens (tertiary/aromatic N) is 1. The summed E-state index contributed by atoms with van der Waals surface area (Å²) in [6.45, 7) is 4.56. The highest BCUT2D eigenvalue weighted by molar-refractivity contribution is 7.20. The summed E-state index contributed by atoms with van der Waals surface area (Å²) in [6, 6.07) is 16.2. The van der Waals surface area contributed by atoms with E-state index in [-0.39, 0.29) is 11.8 Å². The van der Waals surface area contributed by atoms with Crippen LogP contribution in [0.5, 0.6) is 0 Å². The summed E-state index contributed by atoms with van der Waals surface area (Å²) in [4.78, 5) is 28.1. The third-order valence-corrected chi connectivity index (χ3v) is 7.97. The lowest BCUT2D eigenvalue weighted by molar-refractivity contribution is 0.0724. The normalized spacial score (nSPS) is 17.3. The molecule has 2 N–H and O–H groups in total. The molecule has 0 spiro atoms. The van der Waals surface area contributed by atoms with E-state index in [0.717, 1.165) is 90.1 Å². The van der Waals surface area contributed by atoms with Gasteiger partial charge in [-0.1, -0.05) is 18.2 Å². The summed E-state index contributed by atoms with van der Waals surface area (Å²) >= 11 is 1.54. The maximum atomic E-state index is 12.7. The molecule has 0 saturated carbocycles. The topological polar surface area (TPSA) is 61.4 Å². The van der Waals surface area contributed by atoms with Crippen molar-refractivity contribution in [3.8, 4) is 11.1 Å². The first kappa shape index (κ1) is 22.1. The molecule has 172 valence electrons. The maximum absolute atomic E-state index is 12.7. The Hall–Kier alpha value is -2.70. The van der Waals surface area contributed by atoms with Crippen molar-refractivity contribution in [1.82, 2.24) is 15.5 Å². The summed E-state index contributed by atoms with van der Waals surface area (Å²) in [6.07, 6.45) is 5.66. The number of nitrogens with one attached hydrogen (secondary N) is 2. The summed E-state index contributed by atoms with van der Waals surface area (Å²) < 4.78 is 1.11. The van der Waals surface area contributed by atoms with Gasteiger partial charge in [0.2, 0.25) is 0 Å². The van der Waals surface area contributed by atoms with Gasteiger partial charge in [0.05, 0.1) is 4.88 Å². The predicted molar refractivity (Wildman–Crippen MR) is 135 cm³/mol. The lowest BCUT2D eigenvalue weighted by atomic mass is 9.98. The van der Waals surface area contributed by atoms with Crippen LogP contribution < -0.4 is 10.6 Å². The van der Waals surface area contributed by atoms with Gasteiger partial charge in [0, 0.05) is 29.9 Å². The summed E-state index contributed by atoms with van der Waals surface area (Å²) in [5.41, 5.74) is 2.93. The number of hydrogen-bond donors (Lipinski definition) is 2. The Morgan fingerprint density at radius 2 is 1.67 bits per heavy atom. The number of thiophene rings is 1. The van der Waals surface area contributed by atoms with E-state index in [0.29, 0.717) is 5.92 Å². The van der Waals surface area contributed by atoms with Crippen molar-refractivity contribution in [2.45, 2.75) is 32.1 Å². The predicted octanol–water partition coefficient (Wildman–Crippen LogP) is 4.92. The molecule has 2 aromatic carbocycles. The average Bonchev–Trinajstić information content (AvgIpc) is 3.32. The molecule has 2 saturated heterocycles. The van der Waals surface area contributed by atoms with E-state index in [4.69, 9.17) is 0 Å². The van der Waals surface area contributed by atoms with Crippen LogP contribution in [0.1, 0.15) is 52.1 Å². The molecule has 5 nitrogen and oxygen atoms in total. The minimum atomic E-state index is 0.0249. The zero-order valence-corrected chi connectivity index (χ0v) is 19.8. The van der Waals surface area contributed by atoms with Crippen LogP contribution >= 0.6 is 11.3 Å². The molecule has 6 heteroatoms. The van der Waals surface area contributed by atoms with E-state index in [1.165, 1.54) is 6.42 Å². The molecule has 0 aliphatic carbocycles. The lowest BCUT2D eigenvalue weighted by Crippen LogP contribution is -2.35. The summed E-state index contributed by atoms with van der Waals surface area (Å²) in [7, 11) is 0. The number of carbonyl (C=O) groups is 2. The fourth-order valence-corrected chi connectivity index (χ4v) is 5.79. The van der Waals surface area contributed by atoms with E-state index in [1.54, 1.807) is 11.3 Å². The van der Waals surface area contributed by atoms with Crippen molar-refractivity contribution >= 4 is 33.2 Å². The number of piperidine rings is 2.